The molecule has 0 saturated carbocycles. The van der Waals surface area contributed by atoms with E-state index in [0.717, 1.165) is 5.69 Å². The molecule has 182 valence electrons. The Balaban J connectivity index is 1.46. The molecule has 0 saturated heterocycles. The van der Waals surface area contributed by atoms with Gasteiger partial charge in [-0.15, -0.1) is 0 Å². The Hall–Kier alpha value is -4.65. The van der Waals surface area contributed by atoms with Crippen LogP contribution in [0.15, 0.2) is 37.2 Å². The summed E-state index contributed by atoms with van der Waals surface area (Å²) in [6.45, 7) is 1.94. The largest absolute Gasteiger partial charge is 0.710 e. The maximum absolute atomic E-state index is 12.5. The van der Waals surface area contributed by atoms with Crippen molar-refractivity contribution in [2.75, 3.05) is 0 Å². The molecule has 13 nitrogen and oxygen atoms in total. The summed E-state index contributed by atoms with van der Waals surface area (Å²) >= 11 is 6.59. The maximum atomic E-state index is 12.5. The summed E-state index contributed by atoms with van der Waals surface area (Å²) in [5, 5.41) is 25.8. The van der Waals surface area contributed by atoms with E-state index in [9.17, 15) is 10.4 Å². The number of hydrogen-bond acceptors (Lipinski definition) is 8. The highest BCUT2D eigenvalue weighted by molar-refractivity contribution is 6.36. The van der Waals surface area contributed by atoms with Crippen LogP contribution in [-0.4, -0.2) is 34.1 Å². The molecule has 0 fully saturated rings. The van der Waals surface area contributed by atoms with Crippen LogP contribution in [0.2, 0.25) is 5.02 Å². The van der Waals surface area contributed by atoms with Crippen LogP contribution >= 0.6 is 11.6 Å². The highest BCUT2D eigenvalue weighted by atomic mass is 35.5. The van der Waals surface area contributed by atoms with Crippen LogP contribution in [0.25, 0.3) is 33.4 Å². The highest BCUT2D eigenvalue weighted by Gasteiger charge is 2.22. The maximum Gasteiger partial charge on any atom is 0.327 e. The molecule has 0 aliphatic heterocycles. The van der Waals surface area contributed by atoms with Gasteiger partial charge in [-0.2, -0.15) is 9.97 Å². The van der Waals surface area contributed by atoms with Gasteiger partial charge in [-0.05, 0) is 6.42 Å². The van der Waals surface area contributed by atoms with Gasteiger partial charge in [0.15, 0.2) is 35.2 Å². The molecule has 6 aromatic rings. The van der Waals surface area contributed by atoms with Crippen molar-refractivity contribution >= 4 is 45.0 Å². The Kier molecular flexibility index (Phi) is 4.83. The average Bonchev–Trinajstić information content (AvgIpc) is 3.49. The second-order valence-corrected chi connectivity index (χ2v) is 8.52. The molecule has 0 radical (unpaired) electrons. The molecule has 0 aliphatic rings. The zero-order valence-electron chi connectivity index (χ0n) is 19.3. The second-order valence-electron chi connectivity index (χ2n) is 8.14. The van der Waals surface area contributed by atoms with E-state index in [1.54, 1.807) is 35.4 Å². The molecular formula is C22H18ClN9O4. The van der Waals surface area contributed by atoms with E-state index < -0.39 is 0 Å². The Morgan fingerprint density at radius 2 is 1.53 bits per heavy atom. The molecule has 0 atom stereocenters. The number of nitrogens with zero attached hydrogens (tertiary/aromatic N) is 8. The average molecular weight is 508 g/mol. The standard InChI is InChI=1S/C22H18ClN9O4/c1-4-13-17(23)16-18(26-13)27-22(36-12-6-15-21(32(34)8-12)30(3)10-25-15)28-19(16)35-11-5-14-20(31(33)7-11)29(2)9-24-14/h5-10H,4H2,1-3H3,(H,26,27,28). The predicted molar refractivity (Wildman–Crippen MR) is 128 cm³/mol. The third-order valence-corrected chi connectivity index (χ3v) is 6.13. The van der Waals surface area contributed by atoms with Gasteiger partial charge in [-0.25, -0.2) is 28.6 Å². The molecule has 14 heteroatoms. The van der Waals surface area contributed by atoms with Crippen LogP contribution < -0.4 is 18.9 Å². The zero-order valence-corrected chi connectivity index (χ0v) is 20.0. The first-order valence-corrected chi connectivity index (χ1v) is 11.2. The highest BCUT2D eigenvalue weighted by Crippen LogP contribution is 2.37. The molecule has 0 unspecified atom stereocenters. The molecule has 1 N–H and O–H groups in total. The SMILES string of the molecule is CCc1[nH]c2nc(Oc3cc4ncn(C)c4[n+]([O-])c3)nc(Oc3cc4ncn(C)c4[n+]([O-])c3)c2c1Cl. The molecule has 6 rings (SSSR count). The van der Waals surface area contributed by atoms with E-state index in [4.69, 9.17) is 21.1 Å². The first-order chi connectivity index (χ1) is 17.3. The van der Waals surface area contributed by atoms with Crippen LogP contribution in [0.1, 0.15) is 12.6 Å². The predicted octanol–water partition coefficient (Wildman–Crippen LogP) is 2.80. The minimum absolute atomic E-state index is 0.0696. The van der Waals surface area contributed by atoms with E-state index in [-0.39, 0.29) is 23.4 Å². The van der Waals surface area contributed by atoms with Gasteiger partial charge < -0.3 is 24.9 Å². The molecule has 0 spiro atoms. The molecule has 0 bridgehead atoms. The second kappa shape index (κ2) is 7.95. The molecule has 0 amide bonds. The summed E-state index contributed by atoms with van der Waals surface area (Å²) in [4.78, 5) is 20.4. The van der Waals surface area contributed by atoms with Crippen LogP contribution in [0.5, 0.6) is 23.4 Å². The van der Waals surface area contributed by atoms with Gasteiger partial charge in [0.05, 0.1) is 19.1 Å². The lowest BCUT2D eigenvalue weighted by atomic mass is 10.3. The normalized spacial score (nSPS) is 11.7. The zero-order chi connectivity index (χ0) is 25.1. The van der Waals surface area contributed by atoms with Crippen molar-refractivity contribution in [3.63, 3.8) is 0 Å². The number of nitrogens with one attached hydrogen (secondary N) is 1. The fraction of sp³-hybridized carbons (Fsp3) is 0.182. The monoisotopic (exact) mass is 507 g/mol. The summed E-state index contributed by atoms with van der Waals surface area (Å²) < 4.78 is 16.4. The van der Waals surface area contributed by atoms with Crippen LogP contribution in [0, 0.1) is 10.4 Å². The lowest BCUT2D eigenvalue weighted by Gasteiger charge is -2.11. The molecule has 6 heterocycles. The summed E-state index contributed by atoms with van der Waals surface area (Å²) in [6, 6.07) is 3.13. The lowest BCUT2D eigenvalue weighted by Crippen LogP contribution is -2.28. The van der Waals surface area contributed by atoms with Crippen molar-refractivity contribution < 1.29 is 18.9 Å². The number of pyridine rings is 2. The number of fused-ring (bicyclic) bond motifs is 3. The van der Waals surface area contributed by atoms with E-state index in [1.807, 2.05) is 6.92 Å². The van der Waals surface area contributed by atoms with Crippen LogP contribution in [0.3, 0.4) is 0 Å². The third-order valence-electron chi connectivity index (χ3n) is 5.72. The van der Waals surface area contributed by atoms with E-state index >= 15 is 0 Å². The number of aromatic nitrogens is 9. The number of imidazole rings is 2. The van der Waals surface area contributed by atoms with Crippen molar-refractivity contribution in [3.8, 4) is 23.4 Å². The first-order valence-electron chi connectivity index (χ1n) is 10.8. The molecule has 6 aromatic heterocycles. The third kappa shape index (κ3) is 3.40. The Morgan fingerprint density at radius 3 is 2.11 bits per heavy atom. The quantitative estimate of drug-likeness (QED) is 0.276. The van der Waals surface area contributed by atoms with Crippen molar-refractivity contribution in [1.82, 2.24) is 34.1 Å². The molecule has 0 aliphatic carbocycles. The number of ether oxygens (including phenoxy) is 2. The van der Waals surface area contributed by atoms with E-state index in [2.05, 4.69) is 24.9 Å². The van der Waals surface area contributed by atoms with Gasteiger partial charge in [0.2, 0.25) is 5.88 Å². The summed E-state index contributed by atoms with van der Waals surface area (Å²) in [5.41, 5.74) is 2.76. The number of aromatic amines is 1. The summed E-state index contributed by atoms with van der Waals surface area (Å²) in [5.74, 6) is 0.451. The van der Waals surface area contributed by atoms with Gasteiger partial charge >= 0.3 is 17.3 Å². The van der Waals surface area contributed by atoms with Gasteiger partial charge in [0, 0.05) is 17.8 Å². The van der Waals surface area contributed by atoms with Crippen molar-refractivity contribution in [1.29, 1.82) is 0 Å². The molecule has 36 heavy (non-hydrogen) atoms. The van der Waals surface area contributed by atoms with Gasteiger partial charge in [-0.1, -0.05) is 18.5 Å². The number of H-pyrrole nitrogens is 1. The van der Waals surface area contributed by atoms with E-state index in [1.165, 1.54) is 25.0 Å². The summed E-state index contributed by atoms with van der Waals surface area (Å²) in [7, 11) is 3.45. The molecular weight excluding hydrogens is 490 g/mol. The minimum Gasteiger partial charge on any atom is -0.710 e. The Bertz CT molecular complexity index is 1810. The van der Waals surface area contributed by atoms with E-state index in [0.29, 0.717) is 54.3 Å². The van der Waals surface area contributed by atoms with Crippen molar-refractivity contribution in [2.45, 2.75) is 13.3 Å². The number of hydrogen-bond donors (Lipinski definition) is 1. The fourth-order valence-corrected chi connectivity index (χ4v) is 4.42. The fourth-order valence-electron chi connectivity index (χ4n) is 4.07. The summed E-state index contributed by atoms with van der Waals surface area (Å²) in [6.07, 6.45) is 6.21. The number of rotatable bonds is 5. The number of aryl methyl sites for hydroxylation is 3. The first kappa shape index (κ1) is 21.9. The number of halogens is 1. The minimum atomic E-state index is -0.0951. The van der Waals surface area contributed by atoms with Crippen molar-refractivity contribution in [3.05, 3.63) is 58.3 Å². The van der Waals surface area contributed by atoms with Gasteiger partial charge in [0.25, 0.3) is 0 Å². The smallest absolute Gasteiger partial charge is 0.327 e. The van der Waals surface area contributed by atoms with Gasteiger partial charge in [-0.3, -0.25) is 0 Å². The Labute approximate surface area is 207 Å². The molecule has 0 aromatic carbocycles. The van der Waals surface area contributed by atoms with Crippen LogP contribution in [-0.2, 0) is 20.5 Å². The van der Waals surface area contributed by atoms with Crippen LogP contribution in [0.4, 0.5) is 0 Å². The van der Waals surface area contributed by atoms with Crippen molar-refractivity contribution in [2.24, 2.45) is 14.1 Å². The lowest BCUT2D eigenvalue weighted by molar-refractivity contribution is -0.580. The Morgan fingerprint density at radius 1 is 0.944 bits per heavy atom. The van der Waals surface area contributed by atoms with Gasteiger partial charge in [0.1, 0.15) is 23.4 Å². The topological polar surface area (TPSA) is 150 Å².